The summed E-state index contributed by atoms with van der Waals surface area (Å²) in [7, 11) is 0. The van der Waals surface area contributed by atoms with Gasteiger partial charge in [0.2, 0.25) is 5.91 Å². The number of carbonyl (C=O) groups is 2. The molecule has 1 N–H and O–H groups in total. The summed E-state index contributed by atoms with van der Waals surface area (Å²) in [5.74, 6) is -0.219. The van der Waals surface area contributed by atoms with E-state index >= 15 is 0 Å². The molecule has 1 saturated heterocycles. The van der Waals surface area contributed by atoms with Gasteiger partial charge in [0.05, 0.1) is 15.1 Å². The van der Waals surface area contributed by atoms with Crippen LogP contribution in [0.25, 0.3) is 10.2 Å². The number of anilines is 1. The first-order chi connectivity index (χ1) is 11.7. The van der Waals surface area contributed by atoms with Gasteiger partial charge in [0.15, 0.2) is 5.13 Å². The molecule has 0 saturated carbocycles. The van der Waals surface area contributed by atoms with Crippen LogP contribution in [0.5, 0.6) is 0 Å². The molecule has 1 fully saturated rings. The molecule has 7 heteroatoms. The van der Waals surface area contributed by atoms with Crippen LogP contribution in [0.1, 0.15) is 22.5 Å². The van der Waals surface area contributed by atoms with E-state index in [2.05, 4.69) is 10.3 Å². The number of benzene rings is 1. The number of amides is 2. The van der Waals surface area contributed by atoms with Crippen molar-refractivity contribution in [1.29, 1.82) is 0 Å². The Morgan fingerprint density at radius 1 is 1.21 bits per heavy atom. The second kappa shape index (κ2) is 6.33. The molecule has 122 valence electrons. The van der Waals surface area contributed by atoms with E-state index in [-0.39, 0.29) is 11.8 Å². The van der Waals surface area contributed by atoms with Crippen molar-refractivity contribution in [2.45, 2.75) is 18.9 Å². The summed E-state index contributed by atoms with van der Waals surface area (Å²) in [5, 5.41) is 5.34. The lowest BCUT2D eigenvalue weighted by Gasteiger charge is -2.22. The summed E-state index contributed by atoms with van der Waals surface area (Å²) in [6.07, 6.45) is 1.53. The van der Waals surface area contributed by atoms with E-state index in [9.17, 15) is 9.59 Å². The zero-order valence-corrected chi connectivity index (χ0v) is 14.4. The standard InChI is InChI=1S/C17H15N3O2S2/c21-15(19-17-18-11-5-1-2-7-13(11)24-17)12-6-3-9-20(12)16(22)14-8-4-10-23-14/h1-2,4-5,7-8,10,12H,3,6,9H2,(H,18,19,21). The molecule has 1 aromatic carbocycles. The maximum absolute atomic E-state index is 12.6. The first-order valence-corrected chi connectivity index (χ1v) is 9.43. The molecule has 5 nitrogen and oxygen atoms in total. The summed E-state index contributed by atoms with van der Waals surface area (Å²) in [4.78, 5) is 32.0. The van der Waals surface area contributed by atoms with Crippen molar-refractivity contribution in [1.82, 2.24) is 9.88 Å². The third kappa shape index (κ3) is 2.81. The van der Waals surface area contributed by atoms with Gasteiger partial charge in [-0.25, -0.2) is 4.98 Å². The Balaban J connectivity index is 1.51. The lowest BCUT2D eigenvalue weighted by Crippen LogP contribution is -2.42. The minimum absolute atomic E-state index is 0.0630. The van der Waals surface area contributed by atoms with Crippen LogP contribution in [0.3, 0.4) is 0 Å². The average Bonchev–Trinajstić information content (AvgIpc) is 3.32. The zero-order chi connectivity index (χ0) is 16.5. The van der Waals surface area contributed by atoms with Gasteiger partial charge >= 0.3 is 0 Å². The molecule has 24 heavy (non-hydrogen) atoms. The van der Waals surface area contributed by atoms with Gasteiger partial charge in [-0.05, 0) is 36.4 Å². The van der Waals surface area contributed by atoms with Gasteiger partial charge in [0, 0.05) is 6.54 Å². The van der Waals surface area contributed by atoms with Crippen molar-refractivity contribution in [2.75, 3.05) is 11.9 Å². The number of rotatable bonds is 3. The smallest absolute Gasteiger partial charge is 0.264 e. The fourth-order valence-electron chi connectivity index (χ4n) is 2.94. The predicted molar refractivity (Wildman–Crippen MR) is 96.6 cm³/mol. The molecule has 1 aliphatic rings. The van der Waals surface area contributed by atoms with Crippen LogP contribution < -0.4 is 5.32 Å². The molecule has 1 aliphatic heterocycles. The van der Waals surface area contributed by atoms with Crippen LogP contribution >= 0.6 is 22.7 Å². The lowest BCUT2D eigenvalue weighted by atomic mass is 10.2. The number of nitrogens with one attached hydrogen (secondary N) is 1. The highest BCUT2D eigenvalue weighted by Crippen LogP contribution is 2.27. The van der Waals surface area contributed by atoms with Crippen molar-refractivity contribution < 1.29 is 9.59 Å². The topological polar surface area (TPSA) is 62.3 Å². The van der Waals surface area contributed by atoms with Crippen LogP contribution in [-0.4, -0.2) is 34.3 Å². The normalized spacial score (nSPS) is 17.3. The number of thiazole rings is 1. The van der Waals surface area contributed by atoms with Crippen LogP contribution in [-0.2, 0) is 4.79 Å². The first-order valence-electron chi connectivity index (χ1n) is 7.73. The molecule has 0 bridgehead atoms. The highest BCUT2D eigenvalue weighted by Gasteiger charge is 2.35. The van der Waals surface area contributed by atoms with Crippen LogP contribution in [0.4, 0.5) is 5.13 Å². The van der Waals surface area contributed by atoms with E-state index in [1.807, 2.05) is 35.7 Å². The zero-order valence-electron chi connectivity index (χ0n) is 12.8. The van der Waals surface area contributed by atoms with Crippen molar-refractivity contribution in [3.8, 4) is 0 Å². The minimum Gasteiger partial charge on any atom is -0.326 e. The highest BCUT2D eigenvalue weighted by molar-refractivity contribution is 7.22. The van der Waals surface area contributed by atoms with Crippen LogP contribution in [0.2, 0.25) is 0 Å². The van der Waals surface area contributed by atoms with Gasteiger partial charge in [-0.1, -0.05) is 29.5 Å². The molecule has 2 aromatic heterocycles. The summed E-state index contributed by atoms with van der Waals surface area (Å²) in [6.45, 7) is 0.620. The maximum atomic E-state index is 12.6. The second-order valence-corrected chi connectivity index (χ2v) is 7.59. The van der Waals surface area contributed by atoms with Crippen LogP contribution in [0, 0.1) is 0 Å². The Hall–Kier alpha value is -2.25. The van der Waals surface area contributed by atoms with Gasteiger partial charge < -0.3 is 10.2 Å². The molecule has 1 unspecified atom stereocenters. The Labute approximate surface area is 146 Å². The second-order valence-electron chi connectivity index (χ2n) is 5.61. The molecular weight excluding hydrogens is 342 g/mol. The summed E-state index contributed by atoms with van der Waals surface area (Å²) in [5.41, 5.74) is 0.871. The van der Waals surface area contributed by atoms with Crippen molar-refractivity contribution in [3.63, 3.8) is 0 Å². The van der Waals surface area contributed by atoms with Crippen LogP contribution in [0.15, 0.2) is 41.8 Å². The highest BCUT2D eigenvalue weighted by atomic mass is 32.1. The third-order valence-corrected chi connectivity index (χ3v) is 5.88. The number of hydrogen-bond acceptors (Lipinski definition) is 5. The largest absolute Gasteiger partial charge is 0.326 e. The Bertz CT molecular complexity index is 855. The van der Waals surface area contributed by atoms with Gasteiger partial charge in [-0.3, -0.25) is 9.59 Å². The quantitative estimate of drug-likeness (QED) is 0.779. The molecule has 4 rings (SSSR count). The maximum Gasteiger partial charge on any atom is 0.264 e. The predicted octanol–water partition coefficient (Wildman–Crippen LogP) is 3.60. The van der Waals surface area contributed by atoms with Crippen molar-refractivity contribution >= 4 is 49.8 Å². The van der Waals surface area contributed by atoms with E-state index < -0.39 is 6.04 Å². The van der Waals surface area contributed by atoms with Gasteiger partial charge in [0.25, 0.3) is 5.91 Å². The number of hydrogen-bond donors (Lipinski definition) is 1. The van der Waals surface area contributed by atoms with Gasteiger partial charge in [-0.2, -0.15) is 0 Å². The molecule has 0 spiro atoms. The number of likely N-dealkylation sites (tertiary alicyclic amines) is 1. The molecule has 2 amide bonds. The third-order valence-electron chi connectivity index (χ3n) is 4.07. The Morgan fingerprint density at radius 3 is 2.88 bits per heavy atom. The van der Waals surface area contributed by atoms with Crippen molar-refractivity contribution in [2.24, 2.45) is 0 Å². The monoisotopic (exact) mass is 357 g/mol. The number of nitrogens with zero attached hydrogens (tertiary/aromatic N) is 2. The number of para-hydroxylation sites is 1. The van der Waals surface area contributed by atoms with E-state index in [4.69, 9.17) is 0 Å². The summed E-state index contributed by atoms with van der Waals surface area (Å²) in [6, 6.07) is 11.0. The van der Waals surface area contributed by atoms with E-state index in [0.29, 0.717) is 23.0 Å². The van der Waals surface area contributed by atoms with Crippen molar-refractivity contribution in [3.05, 3.63) is 46.7 Å². The fourth-order valence-corrected chi connectivity index (χ4v) is 4.49. The molecule has 0 aliphatic carbocycles. The molecule has 1 atom stereocenters. The van der Waals surface area contributed by atoms with Gasteiger partial charge in [-0.15, -0.1) is 11.3 Å². The SMILES string of the molecule is O=C(Nc1nc2ccccc2s1)C1CCCN1C(=O)c1cccs1. The fraction of sp³-hybridized carbons (Fsp3) is 0.235. The number of aromatic nitrogens is 1. The molecule has 0 radical (unpaired) electrons. The number of thiophene rings is 1. The number of fused-ring (bicyclic) bond motifs is 1. The van der Waals surface area contributed by atoms with Gasteiger partial charge in [0.1, 0.15) is 6.04 Å². The average molecular weight is 357 g/mol. The first kappa shape index (κ1) is 15.3. The molecule has 3 aromatic rings. The van der Waals surface area contributed by atoms with E-state index in [0.717, 1.165) is 16.6 Å². The lowest BCUT2D eigenvalue weighted by molar-refractivity contribution is -0.119. The molecular formula is C17H15N3O2S2. The van der Waals surface area contributed by atoms with E-state index in [1.54, 1.807) is 11.0 Å². The van der Waals surface area contributed by atoms with E-state index in [1.165, 1.54) is 22.7 Å². The Kier molecular flexibility index (Phi) is 4.03. The number of carbonyl (C=O) groups excluding carboxylic acids is 2. The Morgan fingerprint density at radius 2 is 2.08 bits per heavy atom. The molecule has 3 heterocycles. The summed E-state index contributed by atoms with van der Waals surface area (Å²) >= 11 is 2.85. The minimum atomic E-state index is -0.424. The summed E-state index contributed by atoms with van der Waals surface area (Å²) < 4.78 is 1.03.